The lowest BCUT2D eigenvalue weighted by Crippen LogP contribution is -2.20. The van der Waals surface area contributed by atoms with E-state index in [0.717, 1.165) is 5.75 Å². The standard InChI is InChI=1S/C21H23N3O4/c1-3-28-17-10-8-16(9-11-17)24-21(27)19-12-18(19)20(26)23-15-6-4-14(5-7-15)22-13(2)25/h4-11,18-19H,3,12H2,1-2H3,(H,22,25)(H,23,26)(H,24,27). The number of rotatable bonds is 7. The first-order valence-electron chi connectivity index (χ1n) is 9.18. The van der Waals surface area contributed by atoms with E-state index in [1.165, 1.54) is 6.92 Å². The van der Waals surface area contributed by atoms with Gasteiger partial charge in [-0.2, -0.15) is 0 Å². The normalized spacial score (nSPS) is 17.4. The molecule has 28 heavy (non-hydrogen) atoms. The molecule has 0 bridgehead atoms. The van der Waals surface area contributed by atoms with Crippen LogP contribution >= 0.6 is 0 Å². The lowest BCUT2D eigenvalue weighted by Gasteiger charge is -2.08. The van der Waals surface area contributed by atoms with Crippen LogP contribution in [-0.2, 0) is 14.4 Å². The van der Waals surface area contributed by atoms with Crippen LogP contribution in [0.25, 0.3) is 0 Å². The van der Waals surface area contributed by atoms with Crippen LogP contribution in [-0.4, -0.2) is 24.3 Å². The molecule has 2 aromatic rings. The Morgan fingerprint density at radius 3 is 1.68 bits per heavy atom. The van der Waals surface area contributed by atoms with Crippen molar-refractivity contribution in [3.8, 4) is 5.75 Å². The molecule has 3 N–H and O–H groups in total. The number of ether oxygens (including phenoxy) is 1. The molecule has 2 atom stereocenters. The predicted octanol–water partition coefficient (Wildman–Crippen LogP) is 3.26. The van der Waals surface area contributed by atoms with Gasteiger partial charge in [-0.05, 0) is 61.9 Å². The van der Waals surface area contributed by atoms with Crippen LogP contribution in [0.2, 0.25) is 0 Å². The predicted molar refractivity (Wildman–Crippen MR) is 107 cm³/mol. The number of amides is 3. The molecule has 1 aliphatic rings. The van der Waals surface area contributed by atoms with Gasteiger partial charge in [0.15, 0.2) is 0 Å². The van der Waals surface area contributed by atoms with Gasteiger partial charge < -0.3 is 20.7 Å². The number of hydrogen-bond acceptors (Lipinski definition) is 4. The third kappa shape index (κ3) is 5.09. The van der Waals surface area contributed by atoms with E-state index in [1.54, 1.807) is 48.5 Å². The molecule has 3 rings (SSSR count). The Morgan fingerprint density at radius 1 is 0.821 bits per heavy atom. The van der Waals surface area contributed by atoms with Crippen LogP contribution in [0, 0.1) is 11.8 Å². The molecule has 2 unspecified atom stereocenters. The van der Waals surface area contributed by atoms with Crippen molar-refractivity contribution in [2.75, 3.05) is 22.6 Å². The minimum atomic E-state index is -0.335. The molecule has 7 heteroatoms. The molecule has 0 saturated heterocycles. The van der Waals surface area contributed by atoms with Crippen LogP contribution < -0.4 is 20.7 Å². The lowest BCUT2D eigenvalue weighted by atomic mass is 10.2. The van der Waals surface area contributed by atoms with Crippen LogP contribution in [0.5, 0.6) is 5.75 Å². The first kappa shape index (κ1) is 19.4. The summed E-state index contributed by atoms with van der Waals surface area (Å²) >= 11 is 0. The summed E-state index contributed by atoms with van der Waals surface area (Å²) < 4.78 is 5.37. The molecule has 2 aromatic carbocycles. The van der Waals surface area contributed by atoms with Gasteiger partial charge in [0.25, 0.3) is 0 Å². The van der Waals surface area contributed by atoms with Gasteiger partial charge in [0, 0.05) is 24.0 Å². The van der Waals surface area contributed by atoms with Crippen molar-refractivity contribution in [1.82, 2.24) is 0 Å². The van der Waals surface area contributed by atoms with Crippen molar-refractivity contribution >= 4 is 34.8 Å². The summed E-state index contributed by atoms with van der Waals surface area (Å²) in [5.41, 5.74) is 1.95. The largest absolute Gasteiger partial charge is 0.494 e. The summed E-state index contributed by atoms with van der Waals surface area (Å²) in [4.78, 5) is 35.7. The Bertz CT molecular complexity index is 862. The Labute approximate surface area is 163 Å². The van der Waals surface area contributed by atoms with Gasteiger partial charge in [-0.25, -0.2) is 0 Å². The zero-order chi connectivity index (χ0) is 20.1. The van der Waals surface area contributed by atoms with Gasteiger partial charge in [-0.15, -0.1) is 0 Å². The molecule has 1 fully saturated rings. The quantitative estimate of drug-likeness (QED) is 0.686. The van der Waals surface area contributed by atoms with Gasteiger partial charge in [0.2, 0.25) is 17.7 Å². The number of carbonyl (C=O) groups is 3. The summed E-state index contributed by atoms with van der Waals surface area (Å²) in [6.07, 6.45) is 0.526. The summed E-state index contributed by atoms with van der Waals surface area (Å²) in [6.45, 7) is 3.92. The zero-order valence-corrected chi connectivity index (χ0v) is 15.8. The maximum absolute atomic E-state index is 12.3. The monoisotopic (exact) mass is 381 g/mol. The van der Waals surface area contributed by atoms with Crippen LogP contribution in [0.1, 0.15) is 20.3 Å². The summed E-state index contributed by atoms with van der Waals surface area (Å²) in [7, 11) is 0. The van der Waals surface area contributed by atoms with E-state index in [0.29, 0.717) is 30.1 Å². The molecule has 7 nitrogen and oxygen atoms in total. The second-order valence-electron chi connectivity index (χ2n) is 6.64. The van der Waals surface area contributed by atoms with E-state index < -0.39 is 0 Å². The maximum atomic E-state index is 12.3. The molecule has 0 radical (unpaired) electrons. The van der Waals surface area contributed by atoms with Crippen molar-refractivity contribution in [3.05, 3.63) is 48.5 Å². The average Bonchev–Trinajstić information content (AvgIpc) is 3.46. The Kier molecular flexibility index (Phi) is 5.93. The van der Waals surface area contributed by atoms with Crippen molar-refractivity contribution in [1.29, 1.82) is 0 Å². The molecular weight excluding hydrogens is 358 g/mol. The Morgan fingerprint density at radius 2 is 1.25 bits per heavy atom. The smallest absolute Gasteiger partial charge is 0.228 e. The molecular formula is C21H23N3O4. The first-order valence-corrected chi connectivity index (χ1v) is 9.18. The third-order valence-electron chi connectivity index (χ3n) is 4.37. The number of hydrogen-bond donors (Lipinski definition) is 3. The Hall–Kier alpha value is -3.35. The number of nitrogens with one attached hydrogen (secondary N) is 3. The number of benzene rings is 2. The Balaban J connectivity index is 1.49. The fraction of sp³-hybridized carbons (Fsp3) is 0.286. The molecule has 146 valence electrons. The maximum Gasteiger partial charge on any atom is 0.228 e. The summed E-state index contributed by atoms with van der Waals surface area (Å²) in [5, 5.41) is 8.30. The van der Waals surface area contributed by atoms with Gasteiger partial charge in [-0.1, -0.05) is 0 Å². The molecule has 0 spiro atoms. The van der Waals surface area contributed by atoms with Crippen molar-refractivity contribution in [2.24, 2.45) is 11.8 Å². The highest BCUT2D eigenvalue weighted by Gasteiger charge is 2.48. The topological polar surface area (TPSA) is 96.5 Å². The van der Waals surface area contributed by atoms with E-state index in [2.05, 4.69) is 16.0 Å². The van der Waals surface area contributed by atoms with Gasteiger partial charge in [-0.3, -0.25) is 14.4 Å². The van der Waals surface area contributed by atoms with E-state index in [9.17, 15) is 14.4 Å². The first-order chi connectivity index (χ1) is 13.5. The fourth-order valence-corrected chi connectivity index (χ4v) is 2.89. The third-order valence-corrected chi connectivity index (χ3v) is 4.37. The van der Waals surface area contributed by atoms with Crippen LogP contribution in [0.4, 0.5) is 17.1 Å². The van der Waals surface area contributed by atoms with E-state index in [-0.39, 0.29) is 29.6 Å². The van der Waals surface area contributed by atoms with Gasteiger partial charge in [0.05, 0.1) is 18.4 Å². The van der Waals surface area contributed by atoms with E-state index >= 15 is 0 Å². The van der Waals surface area contributed by atoms with E-state index in [4.69, 9.17) is 4.74 Å². The SMILES string of the molecule is CCOc1ccc(NC(=O)C2CC2C(=O)Nc2ccc(NC(C)=O)cc2)cc1. The fourth-order valence-electron chi connectivity index (χ4n) is 2.89. The van der Waals surface area contributed by atoms with Gasteiger partial charge >= 0.3 is 0 Å². The highest BCUT2D eigenvalue weighted by molar-refractivity contribution is 6.03. The van der Waals surface area contributed by atoms with Crippen molar-refractivity contribution < 1.29 is 19.1 Å². The number of anilines is 3. The van der Waals surface area contributed by atoms with Gasteiger partial charge in [0.1, 0.15) is 5.75 Å². The average molecular weight is 381 g/mol. The number of carbonyl (C=O) groups excluding carboxylic acids is 3. The summed E-state index contributed by atoms with van der Waals surface area (Å²) in [5.74, 6) is -0.419. The molecule has 1 aliphatic carbocycles. The highest BCUT2D eigenvalue weighted by Crippen LogP contribution is 2.40. The van der Waals surface area contributed by atoms with Crippen molar-refractivity contribution in [3.63, 3.8) is 0 Å². The molecule has 1 saturated carbocycles. The molecule has 0 aliphatic heterocycles. The lowest BCUT2D eigenvalue weighted by molar-refractivity contribution is -0.122. The highest BCUT2D eigenvalue weighted by atomic mass is 16.5. The zero-order valence-electron chi connectivity index (χ0n) is 15.8. The molecule has 0 heterocycles. The van der Waals surface area contributed by atoms with E-state index in [1.807, 2.05) is 6.92 Å². The second kappa shape index (κ2) is 8.56. The molecule has 0 aromatic heterocycles. The van der Waals surface area contributed by atoms with Crippen molar-refractivity contribution in [2.45, 2.75) is 20.3 Å². The molecule has 3 amide bonds. The second-order valence-corrected chi connectivity index (χ2v) is 6.64. The van der Waals surface area contributed by atoms with Crippen LogP contribution in [0.3, 0.4) is 0 Å². The summed E-state index contributed by atoms with van der Waals surface area (Å²) in [6, 6.07) is 14.0. The minimum Gasteiger partial charge on any atom is -0.494 e. The van der Waals surface area contributed by atoms with Crippen LogP contribution in [0.15, 0.2) is 48.5 Å². The minimum absolute atomic E-state index is 0.156.